The molecule has 0 nitrogen and oxygen atoms in total. The molecule has 0 saturated heterocycles. The molecule has 0 radical (unpaired) electrons. The van der Waals surface area contributed by atoms with Crippen LogP contribution in [0.25, 0.3) is 120 Å². The number of hydrogen-bond donors (Lipinski definition) is 0. The minimum atomic E-state index is 1.25. The van der Waals surface area contributed by atoms with Gasteiger partial charge in [0, 0.05) is 0 Å². The summed E-state index contributed by atoms with van der Waals surface area (Å²) >= 11 is 0. The average Bonchev–Trinajstić information content (AvgIpc) is 3.48. The topological polar surface area (TPSA) is 0 Å². The molecule has 0 heterocycles. The summed E-state index contributed by atoms with van der Waals surface area (Å²) in [4.78, 5) is 0. The smallest absolute Gasteiger partial charge is 0.00137 e. The van der Waals surface area contributed by atoms with E-state index in [1.54, 1.807) is 0 Å². The van der Waals surface area contributed by atoms with Crippen LogP contribution in [0, 0.1) is 0 Å². The molecule has 48 heavy (non-hydrogen) atoms. The van der Waals surface area contributed by atoms with Gasteiger partial charge in [0.2, 0.25) is 0 Å². The maximum Gasteiger partial charge on any atom is -0.00137 e. The molecule has 0 aliphatic heterocycles. The third-order valence-electron chi connectivity index (χ3n) is 11.3. The fourth-order valence-electron chi connectivity index (χ4n) is 9.35. The summed E-state index contributed by atoms with van der Waals surface area (Å²) in [5.41, 5.74) is 10.5. The molecule has 1 aliphatic rings. The first-order valence-electron chi connectivity index (χ1n) is 16.9. The molecule has 0 unspecified atom stereocenters. The van der Waals surface area contributed by atoms with Gasteiger partial charge >= 0.3 is 0 Å². The van der Waals surface area contributed by atoms with Crippen LogP contribution in [0.1, 0.15) is 0 Å². The molecule has 0 spiro atoms. The van der Waals surface area contributed by atoms with E-state index >= 15 is 0 Å². The van der Waals surface area contributed by atoms with Crippen LogP contribution in [0.2, 0.25) is 0 Å². The molecule has 12 rings (SSSR count). The number of benzene rings is 11. The van der Waals surface area contributed by atoms with E-state index in [1.165, 1.54) is 120 Å². The van der Waals surface area contributed by atoms with Gasteiger partial charge in [0.1, 0.15) is 0 Å². The Morgan fingerprint density at radius 1 is 0.229 bits per heavy atom. The Balaban J connectivity index is 1.24. The van der Waals surface area contributed by atoms with Gasteiger partial charge in [-0.2, -0.15) is 0 Å². The highest BCUT2D eigenvalue weighted by Crippen LogP contribution is 2.56. The molecule has 0 bridgehead atoms. The normalized spacial score (nSPS) is 12.6. The number of rotatable bonds is 2. The van der Waals surface area contributed by atoms with Gasteiger partial charge in [-0.3, -0.25) is 0 Å². The van der Waals surface area contributed by atoms with Gasteiger partial charge in [0.05, 0.1) is 0 Å². The maximum atomic E-state index is 2.47. The Hall–Kier alpha value is -6.24. The van der Waals surface area contributed by atoms with E-state index in [2.05, 4.69) is 158 Å². The summed E-state index contributed by atoms with van der Waals surface area (Å²) in [6.45, 7) is 0. The zero-order valence-electron chi connectivity index (χ0n) is 26.0. The first-order valence-corrected chi connectivity index (χ1v) is 16.9. The molecule has 0 heteroatoms. The van der Waals surface area contributed by atoms with Gasteiger partial charge in [-0.1, -0.05) is 146 Å². The highest BCUT2D eigenvalue weighted by atomic mass is 14.3. The van der Waals surface area contributed by atoms with E-state index in [9.17, 15) is 0 Å². The number of fused-ring (bicyclic) bond motifs is 6. The zero-order valence-corrected chi connectivity index (χ0v) is 26.0. The van der Waals surface area contributed by atoms with Crippen molar-refractivity contribution >= 4 is 75.4 Å². The second kappa shape index (κ2) is 8.76. The van der Waals surface area contributed by atoms with Crippen molar-refractivity contribution < 1.29 is 0 Å². The van der Waals surface area contributed by atoms with Crippen LogP contribution in [0.3, 0.4) is 0 Å². The first-order chi connectivity index (χ1) is 23.8. The molecule has 0 atom stereocenters. The fourth-order valence-corrected chi connectivity index (χ4v) is 9.35. The SMILES string of the molecule is c1ccc(-c2cc(-c3ccccc3)c3ccc4c5c(cc6ccc2c3c64)-c2ccc3c4cccc6cccc(c7ccc-5c2c37)c64)cc1. The standard InChI is InChI=1S/C48H26/c1-3-9-27(10-4-1)40-26-41(28-11-5-2-6-12-28)36-22-23-38-44-30(17-18-35(40)46(36)44)25-42-37-20-19-33-31-15-7-13-29-14-8-16-32(43(29)31)34-21-24-39(45(38)42)48(37)47(33)34/h1-26H. The van der Waals surface area contributed by atoms with Crippen LogP contribution in [0.4, 0.5) is 0 Å². The van der Waals surface area contributed by atoms with Crippen molar-refractivity contribution in [2.45, 2.75) is 0 Å². The van der Waals surface area contributed by atoms with E-state index in [4.69, 9.17) is 0 Å². The Morgan fingerprint density at radius 2 is 0.771 bits per heavy atom. The van der Waals surface area contributed by atoms with Gasteiger partial charge in [0.25, 0.3) is 0 Å². The van der Waals surface area contributed by atoms with Crippen LogP contribution >= 0.6 is 0 Å². The molecule has 0 fully saturated rings. The van der Waals surface area contributed by atoms with Gasteiger partial charge < -0.3 is 0 Å². The van der Waals surface area contributed by atoms with Crippen molar-refractivity contribution in [1.82, 2.24) is 0 Å². The lowest BCUT2D eigenvalue weighted by Gasteiger charge is -2.20. The van der Waals surface area contributed by atoms with Gasteiger partial charge in [-0.15, -0.1) is 0 Å². The lowest BCUT2D eigenvalue weighted by atomic mass is 9.83. The van der Waals surface area contributed by atoms with E-state index in [-0.39, 0.29) is 0 Å². The summed E-state index contributed by atoms with van der Waals surface area (Å²) in [7, 11) is 0. The molecule has 1 aliphatic carbocycles. The maximum absolute atomic E-state index is 2.47. The third-order valence-corrected chi connectivity index (χ3v) is 11.3. The minimum absolute atomic E-state index is 1.25. The molecule has 11 aromatic carbocycles. The van der Waals surface area contributed by atoms with Crippen molar-refractivity contribution in [2.24, 2.45) is 0 Å². The van der Waals surface area contributed by atoms with Crippen molar-refractivity contribution in [3.8, 4) is 44.5 Å². The van der Waals surface area contributed by atoms with Crippen molar-refractivity contribution in [3.05, 3.63) is 158 Å². The Bertz CT molecular complexity index is 3020. The molecule has 11 aromatic rings. The monoisotopic (exact) mass is 602 g/mol. The molecule has 0 aromatic heterocycles. The first kappa shape index (κ1) is 24.9. The van der Waals surface area contributed by atoms with Crippen LogP contribution in [-0.2, 0) is 0 Å². The van der Waals surface area contributed by atoms with Gasteiger partial charge in [0.15, 0.2) is 0 Å². The fraction of sp³-hybridized carbons (Fsp3) is 0. The molecule has 0 saturated carbocycles. The molecule has 0 amide bonds. The van der Waals surface area contributed by atoms with Crippen molar-refractivity contribution in [2.75, 3.05) is 0 Å². The van der Waals surface area contributed by atoms with E-state index in [0.29, 0.717) is 0 Å². The minimum Gasteiger partial charge on any atom is -0.0622 e. The molecule has 0 N–H and O–H groups in total. The Labute approximate surface area is 276 Å². The number of hydrogen-bond acceptors (Lipinski definition) is 0. The average molecular weight is 603 g/mol. The zero-order chi connectivity index (χ0) is 31.1. The highest BCUT2D eigenvalue weighted by Gasteiger charge is 2.28. The lowest BCUT2D eigenvalue weighted by Crippen LogP contribution is -1.92. The highest BCUT2D eigenvalue weighted by molar-refractivity contribution is 6.39. The van der Waals surface area contributed by atoms with Gasteiger partial charge in [-0.05, 0) is 132 Å². The van der Waals surface area contributed by atoms with Crippen molar-refractivity contribution in [1.29, 1.82) is 0 Å². The molecular weight excluding hydrogens is 577 g/mol. The predicted molar refractivity (Wildman–Crippen MR) is 207 cm³/mol. The molecular formula is C48H26. The van der Waals surface area contributed by atoms with E-state index in [1.807, 2.05) is 0 Å². The Kier molecular flexibility index (Phi) is 4.55. The largest absolute Gasteiger partial charge is 0.0622 e. The summed E-state index contributed by atoms with van der Waals surface area (Å²) < 4.78 is 0. The second-order valence-electron chi connectivity index (χ2n) is 13.5. The van der Waals surface area contributed by atoms with Crippen LogP contribution in [0.5, 0.6) is 0 Å². The van der Waals surface area contributed by atoms with Crippen molar-refractivity contribution in [3.63, 3.8) is 0 Å². The van der Waals surface area contributed by atoms with Crippen LogP contribution in [0.15, 0.2) is 158 Å². The van der Waals surface area contributed by atoms with Crippen LogP contribution in [-0.4, -0.2) is 0 Å². The quantitative estimate of drug-likeness (QED) is 0.136. The third kappa shape index (κ3) is 2.97. The summed E-state index contributed by atoms with van der Waals surface area (Å²) in [6.07, 6.45) is 0. The Morgan fingerprint density at radius 3 is 1.44 bits per heavy atom. The second-order valence-corrected chi connectivity index (χ2v) is 13.5. The van der Waals surface area contributed by atoms with E-state index in [0.717, 1.165) is 0 Å². The summed E-state index contributed by atoms with van der Waals surface area (Å²) in [5.74, 6) is 0. The van der Waals surface area contributed by atoms with E-state index < -0.39 is 0 Å². The predicted octanol–water partition coefficient (Wildman–Crippen LogP) is 13.6. The summed E-state index contributed by atoms with van der Waals surface area (Å²) in [5, 5.41) is 18.9. The van der Waals surface area contributed by atoms with Crippen LogP contribution < -0.4 is 0 Å². The summed E-state index contributed by atoms with van der Waals surface area (Å²) in [6, 6.07) is 59.3. The molecule has 218 valence electrons. The lowest BCUT2D eigenvalue weighted by molar-refractivity contribution is 1.63. The van der Waals surface area contributed by atoms with Gasteiger partial charge in [-0.25, -0.2) is 0 Å².